The number of amides is 1. The van der Waals surface area contributed by atoms with E-state index in [9.17, 15) is 9.59 Å². The van der Waals surface area contributed by atoms with Gasteiger partial charge in [0.15, 0.2) is 0 Å². The zero-order chi connectivity index (χ0) is 13.4. The van der Waals surface area contributed by atoms with Crippen LogP contribution in [0.4, 0.5) is 0 Å². The van der Waals surface area contributed by atoms with Crippen LogP contribution in [-0.4, -0.2) is 38.5 Å². The summed E-state index contributed by atoms with van der Waals surface area (Å²) >= 11 is 0. The molecule has 1 aromatic heterocycles. The zero-order valence-corrected chi connectivity index (χ0v) is 10.4. The zero-order valence-electron chi connectivity index (χ0n) is 10.4. The molecule has 1 amide bonds. The van der Waals surface area contributed by atoms with Crippen LogP contribution < -0.4 is 5.32 Å². The number of hydrogen-bond acceptors (Lipinski definition) is 4. The number of hydrogen-bond donors (Lipinski definition) is 2. The van der Waals surface area contributed by atoms with Crippen LogP contribution in [0.15, 0.2) is 12.4 Å². The fourth-order valence-corrected chi connectivity index (χ4v) is 1.49. The summed E-state index contributed by atoms with van der Waals surface area (Å²) in [5, 5.41) is 18.6. The third-order valence-electron chi connectivity index (χ3n) is 2.59. The van der Waals surface area contributed by atoms with Gasteiger partial charge in [-0.05, 0) is 18.8 Å². The summed E-state index contributed by atoms with van der Waals surface area (Å²) in [6, 6.07) is 0. The van der Waals surface area contributed by atoms with Crippen LogP contribution >= 0.6 is 0 Å². The Labute approximate surface area is 105 Å². The van der Waals surface area contributed by atoms with Crippen LogP contribution in [0.2, 0.25) is 0 Å². The van der Waals surface area contributed by atoms with Gasteiger partial charge in [0, 0.05) is 19.2 Å². The first-order valence-corrected chi connectivity index (χ1v) is 5.90. The Bertz CT molecular complexity index is 378. The summed E-state index contributed by atoms with van der Waals surface area (Å²) in [6.45, 7) is 2.68. The summed E-state index contributed by atoms with van der Waals surface area (Å²) in [4.78, 5) is 21.8. The van der Waals surface area contributed by atoms with E-state index in [4.69, 9.17) is 5.11 Å². The predicted octanol–water partition coefficient (Wildman–Crippen LogP) is 0.285. The molecule has 1 unspecified atom stereocenters. The average Bonchev–Trinajstić information content (AvgIpc) is 2.79. The molecule has 1 heterocycles. The number of carboxylic acids is 1. The van der Waals surface area contributed by atoms with Gasteiger partial charge in [-0.2, -0.15) is 0 Å². The maximum absolute atomic E-state index is 11.5. The average molecular weight is 254 g/mol. The van der Waals surface area contributed by atoms with Gasteiger partial charge in [0.1, 0.15) is 6.54 Å². The fraction of sp³-hybridized carbons (Fsp3) is 0.636. The van der Waals surface area contributed by atoms with Crippen molar-refractivity contribution >= 4 is 11.9 Å². The van der Waals surface area contributed by atoms with E-state index in [2.05, 4.69) is 15.6 Å². The smallest absolute Gasteiger partial charge is 0.303 e. The van der Waals surface area contributed by atoms with Gasteiger partial charge >= 0.3 is 5.97 Å². The lowest BCUT2D eigenvalue weighted by Gasteiger charge is -2.10. The lowest BCUT2D eigenvalue weighted by molar-refractivity contribution is -0.137. The molecule has 7 nitrogen and oxygen atoms in total. The first kappa shape index (κ1) is 14.1. The number of carboxylic acid groups (broad SMARTS) is 1. The van der Waals surface area contributed by atoms with E-state index >= 15 is 0 Å². The Morgan fingerprint density at radius 2 is 2.22 bits per heavy atom. The topological polar surface area (TPSA) is 97.1 Å². The highest BCUT2D eigenvalue weighted by Crippen LogP contribution is 2.08. The fourth-order valence-electron chi connectivity index (χ4n) is 1.49. The molecule has 1 atom stereocenters. The van der Waals surface area contributed by atoms with E-state index in [0.29, 0.717) is 13.0 Å². The van der Waals surface area contributed by atoms with Gasteiger partial charge in [-0.25, -0.2) is 4.68 Å². The maximum atomic E-state index is 11.5. The van der Waals surface area contributed by atoms with Crippen LogP contribution in [-0.2, 0) is 16.1 Å². The molecule has 1 aromatic rings. The summed E-state index contributed by atoms with van der Waals surface area (Å²) < 4.78 is 1.45. The normalized spacial score (nSPS) is 12.1. The van der Waals surface area contributed by atoms with Crippen molar-refractivity contribution < 1.29 is 14.7 Å². The number of carbonyl (C=O) groups is 2. The third kappa shape index (κ3) is 5.97. The first-order valence-electron chi connectivity index (χ1n) is 5.90. The molecule has 0 aliphatic carbocycles. The molecule has 0 saturated heterocycles. The summed E-state index contributed by atoms with van der Waals surface area (Å²) in [7, 11) is 0. The summed E-state index contributed by atoms with van der Waals surface area (Å²) in [5.74, 6) is -0.615. The highest BCUT2D eigenvalue weighted by Gasteiger charge is 2.07. The van der Waals surface area contributed by atoms with Crippen molar-refractivity contribution in [2.75, 3.05) is 6.54 Å². The van der Waals surface area contributed by atoms with E-state index in [0.717, 1.165) is 6.42 Å². The third-order valence-corrected chi connectivity index (χ3v) is 2.59. The lowest BCUT2D eigenvalue weighted by Crippen LogP contribution is -2.29. The molecule has 0 aliphatic rings. The quantitative estimate of drug-likeness (QED) is 0.694. The molecular weight excluding hydrogens is 236 g/mol. The van der Waals surface area contributed by atoms with E-state index < -0.39 is 5.97 Å². The number of carbonyl (C=O) groups excluding carboxylic acids is 1. The van der Waals surface area contributed by atoms with Gasteiger partial charge in [-0.1, -0.05) is 12.1 Å². The number of nitrogens with zero attached hydrogens (tertiary/aromatic N) is 3. The SMILES string of the molecule is CC(CCNC(=O)Cn1ccnn1)CCC(=O)O. The van der Waals surface area contributed by atoms with Crippen LogP contribution in [0.5, 0.6) is 0 Å². The minimum absolute atomic E-state index is 0.120. The second-order valence-electron chi connectivity index (χ2n) is 4.28. The maximum Gasteiger partial charge on any atom is 0.303 e. The second kappa shape index (κ2) is 7.41. The molecule has 0 radical (unpaired) electrons. The minimum atomic E-state index is -0.780. The Morgan fingerprint density at radius 1 is 1.44 bits per heavy atom. The van der Waals surface area contributed by atoms with E-state index in [1.807, 2.05) is 6.92 Å². The van der Waals surface area contributed by atoms with Gasteiger partial charge in [-0.15, -0.1) is 5.10 Å². The first-order chi connectivity index (χ1) is 8.58. The molecule has 1 rings (SSSR count). The largest absolute Gasteiger partial charge is 0.481 e. The lowest BCUT2D eigenvalue weighted by atomic mass is 10.0. The number of rotatable bonds is 8. The van der Waals surface area contributed by atoms with Crippen LogP contribution in [0.25, 0.3) is 0 Å². The molecule has 0 bridgehead atoms. The summed E-state index contributed by atoms with van der Waals surface area (Å²) in [6.07, 6.45) is 4.72. The molecule has 18 heavy (non-hydrogen) atoms. The monoisotopic (exact) mass is 254 g/mol. The number of aromatic nitrogens is 3. The molecule has 0 spiro atoms. The standard InChI is InChI=1S/C11H18N4O3/c1-9(2-3-11(17)18)4-5-12-10(16)8-15-7-6-13-14-15/h6-7,9H,2-5,8H2,1H3,(H,12,16)(H,17,18). The Kier molecular flexibility index (Phi) is 5.83. The van der Waals surface area contributed by atoms with Crippen molar-refractivity contribution in [1.82, 2.24) is 20.3 Å². The van der Waals surface area contributed by atoms with Crippen molar-refractivity contribution in [3.63, 3.8) is 0 Å². The van der Waals surface area contributed by atoms with Gasteiger partial charge in [0.2, 0.25) is 5.91 Å². The Balaban J connectivity index is 2.09. The van der Waals surface area contributed by atoms with Crippen molar-refractivity contribution in [2.45, 2.75) is 32.7 Å². The van der Waals surface area contributed by atoms with E-state index in [1.54, 1.807) is 6.20 Å². The highest BCUT2D eigenvalue weighted by atomic mass is 16.4. The van der Waals surface area contributed by atoms with Crippen molar-refractivity contribution in [3.8, 4) is 0 Å². The van der Waals surface area contributed by atoms with Gasteiger partial charge in [0.25, 0.3) is 0 Å². The van der Waals surface area contributed by atoms with Gasteiger partial charge in [-0.3, -0.25) is 9.59 Å². The van der Waals surface area contributed by atoms with Crippen molar-refractivity contribution in [1.29, 1.82) is 0 Å². The van der Waals surface area contributed by atoms with Crippen LogP contribution in [0.1, 0.15) is 26.2 Å². The van der Waals surface area contributed by atoms with Crippen LogP contribution in [0.3, 0.4) is 0 Å². The molecular formula is C11H18N4O3. The number of nitrogens with one attached hydrogen (secondary N) is 1. The molecule has 0 aromatic carbocycles. The molecule has 7 heteroatoms. The molecule has 0 fully saturated rings. The highest BCUT2D eigenvalue weighted by molar-refractivity contribution is 5.75. The van der Waals surface area contributed by atoms with Crippen molar-refractivity contribution in [3.05, 3.63) is 12.4 Å². The minimum Gasteiger partial charge on any atom is -0.481 e. The van der Waals surface area contributed by atoms with Gasteiger partial charge < -0.3 is 10.4 Å². The van der Waals surface area contributed by atoms with E-state index in [-0.39, 0.29) is 24.8 Å². The second-order valence-corrected chi connectivity index (χ2v) is 4.28. The molecule has 0 saturated carbocycles. The molecule has 0 aliphatic heterocycles. The predicted molar refractivity (Wildman–Crippen MR) is 63.7 cm³/mol. The Hall–Kier alpha value is -1.92. The van der Waals surface area contributed by atoms with Crippen LogP contribution in [0, 0.1) is 5.92 Å². The molecule has 2 N–H and O–H groups in total. The van der Waals surface area contributed by atoms with Gasteiger partial charge in [0.05, 0.1) is 6.20 Å². The Morgan fingerprint density at radius 3 is 2.83 bits per heavy atom. The molecule has 100 valence electrons. The number of aliphatic carboxylic acids is 1. The van der Waals surface area contributed by atoms with E-state index in [1.165, 1.54) is 10.9 Å². The summed E-state index contributed by atoms with van der Waals surface area (Å²) in [5.41, 5.74) is 0. The van der Waals surface area contributed by atoms with Crippen molar-refractivity contribution in [2.24, 2.45) is 5.92 Å².